The number of para-hydroxylation sites is 1. The number of hydrogen-bond acceptors (Lipinski definition) is 6. The van der Waals surface area contributed by atoms with E-state index in [1.54, 1.807) is 4.90 Å². The Morgan fingerprint density at radius 3 is 2.46 bits per heavy atom. The third-order valence-corrected chi connectivity index (χ3v) is 8.62. The molecule has 1 fully saturated rings. The van der Waals surface area contributed by atoms with Gasteiger partial charge in [0.1, 0.15) is 12.1 Å². The zero-order valence-corrected chi connectivity index (χ0v) is 27.5. The zero-order chi connectivity index (χ0) is 34.5. The van der Waals surface area contributed by atoms with Gasteiger partial charge in [0.15, 0.2) is 16.1 Å². The summed E-state index contributed by atoms with van der Waals surface area (Å²) in [4.78, 5) is 23.4. The maximum absolute atomic E-state index is 13.2. The van der Waals surface area contributed by atoms with Crippen molar-refractivity contribution < 1.29 is 31.5 Å². The molecule has 0 aliphatic carbocycles. The molecule has 252 valence electrons. The number of carbonyl (C=O) groups excluding carboxylic acids is 1. The first-order chi connectivity index (χ1) is 22.9. The van der Waals surface area contributed by atoms with Crippen molar-refractivity contribution in [2.75, 3.05) is 17.2 Å². The standard InChI is InChI=1S/C33H31F5N6O2S2/c1-3-4-7-23-8-5-6-9-27(23)44-28(45)19-48-31(44)41-30(47)39-18-21(2)22-10-12-24(13-11-22)29-40-20-43(42-29)25-14-16-26(17-15-25)46-33(37,38)32(34,35)36/h5-6,8-17,20-21H,3-4,7,18-19H2,1-2H3,(H,39,47). The second kappa shape index (κ2) is 14.8. The van der Waals surface area contributed by atoms with Crippen LogP contribution >= 0.6 is 24.0 Å². The fourth-order valence-corrected chi connectivity index (χ4v) is 5.92. The van der Waals surface area contributed by atoms with Crippen molar-refractivity contribution in [3.8, 4) is 22.8 Å². The summed E-state index contributed by atoms with van der Waals surface area (Å²) in [7, 11) is 0. The molecule has 8 nitrogen and oxygen atoms in total. The second-order valence-electron chi connectivity index (χ2n) is 11.0. The number of nitrogens with one attached hydrogen (secondary N) is 1. The number of thioether (sulfide) groups is 1. The molecule has 4 aromatic rings. The highest BCUT2D eigenvalue weighted by Crippen LogP contribution is 2.37. The van der Waals surface area contributed by atoms with Crippen LogP contribution in [0.3, 0.4) is 0 Å². The number of benzene rings is 3. The van der Waals surface area contributed by atoms with Crippen LogP contribution in [-0.2, 0) is 11.2 Å². The lowest BCUT2D eigenvalue weighted by Gasteiger charge is -2.20. The Morgan fingerprint density at radius 1 is 1.06 bits per heavy atom. The summed E-state index contributed by atoms with van der Waals surface area (Å²) in [6.45, 7) is 4.67. The van der Waals surface area contributed by atoms with Crippen LogP contribution in [0, 0.1) is 0 Å². The van der Waals surface area contributed by atoms with Gasteiger partial charge in [0.2, 0.25) is 5.91 Å². The summed E-state index contributed by atoms with van der Waals surface area (Å²) in [5, 5.41) is 8.43. The predicted octanol–water partition coefficient (Wildman–Crippen LogP) is 7.92. The summed E-state index contributed by atoms with van der Waals surface area (Å²) in [6.07, 6.45) is -6.80. The van der Waals surface area contributed by atoms with Crippen LogP contribution in [0.4, 0.5) is 27.6 Å². The van der Waals surface area contributed by atoms with Crippen LogP contribution in [0.25, 0.3) is 17.1 Å². The molecule has 1 saturated heterocycles. The van der Waals surface area contributed by atoms with Crippen LogP contribution in [0.15, 0.2) is 84.1 Å². The molecule has 2 heterocycles. The molecule has 1 N–H and O–H groups in total. The molecule has 1 atom stereocenters. The third kappa shape index (κ3) is 8.19. The van der Waals surface area contributed by atoms with Crippen molar-refractivity contribution in [2.24, 2.45) is 4.99 Å². The summed E-state index contributed by atoms with van der Waals surface area (Å²) in [5.41, 5.74) is 4.06. The Bertz CT molecular complexity index is 1780. The molecule has 1 aliphatic heterocycles. The number of halogens is 5. The molecule has 5 rings (SSSR count). The molecule has 15 heteroatoms. The first-order valence-corrected chi connectivity index (χ1v) is 16.4. The number of amidine groups is 1. The fourth-order valence-electron chi connectivity index (χ4n) is 4.83. The SMILES string of the molecule is CCCCc1ccccc1N1C(=O)CSC1=NC(=S)NCC(C)c1ccc(-c2ncn(-c3ccc(OC(F)(F)C(F)(F)F)cc3)n2)cc1. The van der Waals surface area contributed by atoms with E-state index in [-0.39, 0.29) is 16.9 Å². The molecular formula is C33H31F5N6O2S2. The van der Waals surface area contributed by atoms with E-state index in [9.17, 15) is 26.7 Å². The lowest BCUT2D eigenvalue weighted by Crippen LogP contribution is -2.41. The van der Waals surface area contributed by atoms with E-state index >= 15 is 0 Å². The lowest BCUT2D eigenvalue weighted by atomic mass is 10.00. The van der Waals surface area contributed by atoms with E-state index in [1.807, 2.05) is 55.5 Å². The normalized spacial score (nSPS) is 15.2. The van der Waals surface area contributed by atoms with Crippen molar-refractivity contribution in [1.82, 2.24) is 20.1 Å². The Hall–Kier alpha value is -4.37. The van der Waals surface area contributed by atoms with Crippen molar-refractivity contribution in [1.29, 1.82) is 0 Å². The molecule has 48 heavy (non-hydrogen) atoms. The fraction of sp³-hybridized carbons (Fsp3) is 0.303. The third-order valence-electron chi connectivity index (χ3n) is 7.46. The zero-order valence-electron chi connectivity index (χ0n) is 25.9. The predicted molar refractivity (Wildman–Crippen MR) is 180 cm³/mol. The number of amides is 1. The average Bonchev–Trinajstić information content (AvgIpc) is 3.69. The number of unbranched alkanes of at least 4 members (excludes halogenated alkanes) is 1. The van der Waals surface area contributed by atoms with Crippen LogP contribution in [0.5, 0.6) is 5.75 Å². The topological polar surface area (TPSA) is 84.6 Å². The minimum Gasteiger partial charge on any atom is -0.426 e. The summed E-state index contributed by atoms with van der Waals surface area (Å²) < 4.78 is 68.8. The maximum atomic E-state index is 13.2. The first kappa shape index (κ1) is 35.0. The van der Waals surface area contributed by atoms with Crippen molar-refractivity contribution in [3.05, 3.63) is 90.3 Å². The Morgan fingerprint density at radius 2 is 1.77 bits per heavy atom. The minimum atomic E-state index is -5.83. The van der Waals surface area contributed by atoms with Crippen LogP contribution in [-0.4, -0.2) is 55.5 Å². The minimum absolute atomic E-state index is 0.0296. The average molecular weight is 703 g/mol. The smallest absolute Gasteiger partial charge is 0.426 e. The van der Waals surface area contributed by atoms with Gasteiger partial charge < -0.3 is 10.1 Å². The molecule has 1 unspecified atom stereocenters. The summed E-state index contributed by atoms with van der Waals surface area (Å²) in [5.74, 6) is 0.0625. The molecule has 0 spiro atoms. The second-order valence-corrected chi connectivity index (χ2v) is 12.3. The van der Waals surface area contributed by atoms with Crippen LogP contribution < -0.4 is 15.0 Å². The van der Waals surface area contributed by atoms with E-state index in [1.165, 1.54) is 34.9 Å². The quantitative estimate of drug-likeness (QED) is 0.126. The van der Waals surface area contributed by atoms with Crippen molar-refractivity contribution in [3.63, 3.8) is 0 Å². The number of thiocarbonyl (C=S) groups is 1. The molecule has 0 radical (unpaired) electrons. The van der Waals surface area contributed by atoms with Gasteiger partial charge in [-0.15, -0.1) is 5.10 Å². The molecule has 1 aromatic heterocycles. The molecule has 0 bridgehead atoms. The van der Waals surface area contributed by atoms with Gasteiger partial charge >= 0.3 is 12.3 Å². The van der Waals surface area contributed by atoms with Crippen molar-refractivity contribution >= 4 is 45.9 Å². The van der Waals surface area contributed by atoms with Gasteiger partial charge in [-0.25, -0.2) is 9.67 Å². The number of aliphatic imine (C=N–C) groups is 1. The molecular weight excluding hydrogens is 672 g/mol. The molecule has 1 amide bonds. The van der Waals surface area contributed by atoms with Gasteiger partial charge in [-0.1, -0.05) is 74.5 Å². The van der Waals surface area contributed by atoms with Gasteiger partial charge in [0.25, 0.3) is 0 Å². The van der Waals surface area contributed by atoms with E-state index in [0.29, 0.717) is 34.5 Å². The Kier molecular flexibility index (Phi) is 10.8. The molecule has 3 aromatic carbocycles. The number of nitrogens with zero attached hydrogens (tertiary/aromatic N) is 5. The van der Waals surface area contributed by atoms with Gasteiger partial charge in [0, 0.05) is 12.1 Å². The summed E-state index contributed by atoms with van der Waals surface area (Å²) >= 11 is 6.88. The van der Waals surface area contributed by atoms with Crippen LogP contribution in [0.1, 0.15) is 43.7 Å². The lowest BCUT2D eigenvalue weighted by molar-refractivity contribution is -0.360. The van der Waals surface area contributed by atoms with E-state index in [4.69, 9.17) is 12.2 Å². The number of rotatable bonds is 11. The van der Waals surface area contributed by atoms with Gasteiger partial charge in [0.05, 0.1) is 17.1 Å². The number of carbonyl (C=O) groups is 1. The van der Waals surface area contributed by atoms with Gasteiger partial charge in [-0.2, -0.15) is 26.9 Å². The number of aromatic nitrogens is 3. The van der Waals surface area contributed by atoms with Crippen molar-refractivity contribution in [2.45, 2.75) is 51.3 Å². The number of hydrogen-bond donors (Lipinski definition) is 1. The Balaban J connectivity index is 1.18. The highest BCUT2D eigenvalue weighted by molar-refractivity contribution is 8.15. The van der Waals surface area contributed by atoms with Gasteiger partial charge in [-0.3, -0.25) is 9.69 Å². The Labute approximate surface area is 283 Å². The van der Waals surface area contributed by atoms with Gasteiger partial charge in [-0.05, 0) is 72.4 Å². The largest absolute Gasteiger partial charge is 0.499 e. The number of anilines is 1. The maximum Gasteiger partial charge on any atom is 0.499 e. The molecule has 0 saturated carbocycles. The number of aryl methyl sites for hydroxylation is 1. The highest BCUT2D eigenvalue weighted by atomic mass is 32.2. The highest BCUT2D eigenvalue weighted by Gasteiger charge is 2.61. The van der Waals surface area contributed by atoms with E-state index in [0.717, 1.165) is 48.2 Å². The first-order valence-electron chi connectivity index (χ1n) is 15.0. The number of ether oxygens (including phenoxy) is 1. The summed E-state index contributed by atoms with van der Waals surface area (Å²) in [6, 6.07) is 20.0. The number of alkyl halides is 5. The van der Waals surface area contributed by atoms with Crippen LogP contribution in [0.2, 0.25) is 0 Å². The monoisotopic (exact) mass is 702 g/mol. The van der Waals surface area contributed by atoms with E-state index < -0.39 is 18.0 Å². The van der Waals surface area contributed by atoms with E-state index in [2.05, 4.69) is 32.1 Å². The molecule has 1 aliphatic rings.